The van der Waals surface area contributed by atoms with Crippen molar-refractivity contribution in [2.75, 3.05) is 6.61 Å². The van der Waals surface area contributed by atoms with Gasteiger partial charge < -0.3 is 9.63 Å². The van der Waals surface area contributed by atoms with E-state index in [1.807, 2.05) is 0 Å². The minimum Gasteiger partial charge on any atom is -0.396 e. The summed E-state index contributed by atoms with van der Waals surface area (Å²) in [6.07, 6.45) is 1.52. The first kappa shape index (κ1) is 13.0. The van der Waals surface area contributed by atoms with E-state index in [1.165, 1.54) is 12.1 Å². The summed E-state index contributed by atoms with van der Waals surface area (Å²) in [4.78, 5) is 4.17. The zero-order valence-corrected chi connectivity index (χ0v) is 10.3. The Labute approximate surface area is 108 Å². The Hall–Kier alpha value is -1.46. The van der Waals surface area contributed by atoms with Crippen LogP contribution < -0.4 is 0 Å². The predicted molar refractivity (Wildman–Crippen MR) is 63.9 cm³/mol. The van der Waals surface area contributed by atoms with Gasteiger partial charge in [-0.15, -0.1) is 0 Å². The maximum Gasteiger partial charge on any atom is 0.226 e. The molecule has 2 aromatic rings. The number of hydrogen-bond donors (Lipinski definition) is 1. The Morgan fingerprint density at radius 2 is 2.22 bits per heavy atom. The molecule has 0 fully saturated rings. The average Bonchev–Trinajstić information content (AvgIpc) is 2.78. The first-order valence-corrected chi connectivity index (χ1v) is 5.93. The molecule has 0 atom stereocenters. The molecule has 0 radical (unpaired) electrons. The van der Waals surface area contributed by atoms with Crippen LogP contribution in [0.15, 0.2) is 22.7 Å². The Bertz CT molecular complexity index is 531. The highest BCUT2D eigenvalue weighted by Crippen LogP contribution is 2.19. The second kappa shape index (κ2) is 5.93. The van der Waals surface area contributed by atoms with E-state index >= 15 is 0 Å². The van der Waals surface area contributed by atoms with Crippen molar-refractivity contribution in [3.05, 3.63) is 46.3 Å². The van der Waals surface area contributed by atoms with E-state index in [4.69, 9.17) is 21.2 Å². The van der Waals surface area contributed by atoms with Crippen molar-refractivity contribution >= 4 is 11.6 Å². The molecule has 4 nitrogen and oxygen atoms in total. The third-order valence-electron chi connectivity index (χ3n) is 2.42. The number of benzene rings is 1. The molecule has 0 saturated heterocycles. The van der Waals surface area contributed by atoms with Crippen molar-refractivity contribution in [2.24, 2.45) is 0 Å². The van der Waals surface area contributed by atoms with Crippen LogP contribution in [-0.4, -0.2) is 21.9 Å². The van der Waals surface area contributed by atoms with Crippen molar-refractivity contribution in [2.45, 2.75) is 19.3 Å². The fourth-order valence-electron chi connectivity index (χ4n) is 1.53. The fourth-order valence-corrected chi connectivity index (χ4v) is 1.76. The minimum atomic E-state index is -0.375. The molecule has 1 N–H and O–H groups in total. The van der Waals surface area contributed by atoms with Crippen molar-refractivity contribution in [1.82, 2.24) is 10.1 Å². The maximum atomic E-state index is 12.9. The molecule has 0 aliphatic rings. The number of aliphatic hydroxyl groups excluding tert-OH is 1. The summed E-state index contributed by atoms with van der Waals surface area (Å²) in [6.45, 7) is 0.0848. The van der Waals surface area contributed by atoms with Gasteiger partial charge >= 0.3 is 0 Å². The summed E-state index contributed by atoms with van der Waals surface area (Å²) in [5.74, 6) is 0.606. The largest absolute Gasteiger partial charge is 0.396 e. The molecule has 0 saturated carbocycles. The number of aryl methyl sites for hydroxylation is 1. The number of aliphatic hydroxyl groups is 1. The summed E-state index contributed by atoms with van der Waals surface area (Å²) in [5.41, 5.74) is 0.743. The van der Waals surface area contributed by atoms with E-state index in [0.717, 1.165) is 5.56 Å². The minimum absolute atomic E-state index is 0.0848. The van der Waals surface area contributed by atoms with Gasteiger partial charge in [-0.1, -0.05) is 22.8 Å². The van der Waals surface area contributed by atoms with Crippen molar-refractivity contribution in [3.63, 3.8) is 0 Å². The van der Waals surface area contributed by atoms with E-state index in [9.17, 15) is 4.39 Å². The normalized spacial score (nSPS) is 10.8. The van der Waals surface area contributed by atoms with Crippen LogP contribution in [-0.2, 0) is 12.8 Å². The van der Waals surface area contributed by atoms with E-state index in [2.05, 4.69) is 10.1 Å². The molecule has 96 valence electrons. The number of rotatable bonds is 5. The zero-order chi connectivity index (χ0) is 13.0. The van der Waals surface area contributed by atoms with E-state index in [-0.39, 0.29) is 12.4 Å². The van der Waals surface area contributed by atoms with E-state index in [1.54, 1.807) is 6.07 Å². The quantitative estimate of drug-likeness (QED) is 0.906. The van der Waals surface area contributed by atoms with Gasteiger partial charge in [0.15, 0.2) is 5.82 Å². The van der Waals surface area contributed by atoms with Crippen LogP contribution in [0.2, 0.25) is 5.02 Å². The van der Waals surface area contributed by atoms with E-state index < -0.39 is 0 Å². The van der Waals surface area contributed by atoms with Crippen LogP contribution in [0.5, 0.6) is 0 Å². The van der Waals surface area contributed by atoms with Crippen LogP contribution in [0.3, 0.4) is 0 Å². The predicted octanol–water partition coefficient (Wildman–Crippen LogP) is 2.38. The first-order chi connectivity index (χ1) is 8.69. The maximum absolute atomic E-state index is 12.9. The van der Waals surface area contributed by atoms with Crippen molar-refractivity contribution < 1.29 is 14.0 Å². The summed E-state index contributed by atoms with van der Waals surface area (Å²) >= 11 is 5.91. The fraction of sp³-hybridized carbons (Fsp3) is 0.333. The molecular formula is C12H12ClFN2O2. The van der Waals surface area contributed by atoms with Crippen LogP contribution in [0.1, 0.15) is 23.7 Å². The second-order valence-electron chi connectivity index (χ2n) is 3.84. The highest BCUT2D eigenvalue weighted by atomic mass is 35.5. The molecule has 0 unspecified atom stereocenters. The summed E-state index contributed by atoms with van der Waals surface area (Å²) < 4.78 is 17.9. The van der Waals surface area contributed by atoms with Crippen molar-refractivity contribution in [3.8, 4) is 0 Å². The molecular weight excluding hydrogens is 259 g/mol. The van der Waals surface area contributed by atoms with Gasteiger partial charge in [-0.25, -0.2) is 4.39 Å². The van der Waals surface area contributed by atoms with Gasteiger partial charge in [0.2, 0.25) is 5.89 Å². The molecule has 1 heterocycles. The number of nitrogens with zero attached hydrogens (tertiary/aromatic N) is 2. The molecule has 18 heavy (non-hydrogen) atoms. The molecule has 0 bridgehead atoms. The lowest BCUT2D eigenvalue weighted by atomic mass is 10.1. The topological polar surface area (TPSA) is 59.2 Å². The molecule has 1 aromatic carbocycles. The molecule has 1 aromatic heterocycles. The van der Waals surface area contributed by atoms with Gasteiger partial charge in [0, 0.05) is 24.5 Å². The third-order valence-corrected chi connectivity index (χ3v) is 2.77. The summed E-state index contributed by atoms with van der Waals surface area (Å²) in [5, 5.41) is 12.8. The Morgan fingerprint density at radius 1 is 1.39 bits per heavy atom. The van der Waals surface area contributed by atoms with Crippen molar-refractivity contribution in [1.29, 1.82) is 0 Å². The highest BCUT2D eigenvalue weighted by Gasteiger charge is 2.09. The van der Waals surface area contributed by atoms with Crippen LogP contribution in [0, 0.1) is 5.82 Å². The molecule has 0 spiro atoms. The van der Waals surface area contributed by atoms with Gasteiger partial charge in [-0.05, 0) is 24.1 Å². The van der Waals surface area contributed by atoms with Crippen LogP contribution in [0.4, 0.5) is 4.39 Å². The summed E-state index contributed by atoms with van der Waals surface area (Å²) in [6, 6.07) is 4.19. The SMILES string of the molecule is OCCCc1nc(Cc2ccc(F)cc2Cl)no1. The Balaban J connectivity index is 2.06. The lowest BCUT2D eigenvalue weighted by molar-refractivity contribution is 0.278. The van der Waals surface area contributed by atoms with Gasteiger partial charge in [0.1, 0.15) is 5.82 Å². The standard InChI is InChI=1S/C12H12ClFN2O2/c13-10-7-9(14)4-3-8(10)6-11-15-12(18-16-11)2-1-5-17/h3-4,7,17H,1-2,5-6H2. The Morgan fingerprint density at radius 3 is 2.94 bits per heavy atom. The molecule has 0 aliphatic heterocycles. The van der Waals surface area contributed by atoms with Crippen LogP contribution >= 0.6 is 11.6 Å². The van der Waals surface area contributed by atoms with Gasteiger partial charge in [-0.2, -0.15) is 4.98 Å². The molecule has 6 heteroatoms. The van der Waals surface area contributed by atoms with Gasteiger partial charge in [0.25, 0.3) is 0 Å². The highest BCUT2D eigenvalue weighted by molar-refractivity contribution is 6.31. The average molecular weight is 271 g/mol. The number of hydrogen-bond acceptors (Lipinski definition) is 4. The lowest BCUT2D eigenvalue weighted by Gasteiger charge is -2.00. The molecule has 0 aliphatic carbocycles. The number of halogens is 2. The monoisotopic (exact) mass is 270 g/mol. The smallest absolute Gasteiger partial charge is 0.226 e. The first-order valence-electron chi connectivity index (χ1n) is 5.55. The Kier molecular flexibility index (Phi) is 4.28. The second-order valence-corrected chi connectivity index (χ2v) is 4.25. The molecule has 0 amide bonds. The van der Waals surface area contributed by atoms with E-state index in [0.29, 0.717) is 36.0 Å². The van der Waals surface area contributed by atoms with Crippen LogP contribution in [0.25, 0.3) is 0 Å². The van der Waals surface area contributed by atoms with Gasteiger partial charge in [-0.3, -0.25) is 0 Å². The zero-order valence-electron chi connectivity index (χ0n) is 9.57. The third kappa shape index (κ3) is 3.27. The molecule has 2 rings (SSSR count). The number of aromatic nitrogens is 2. The summed E-state index contributed by atoms with van der Waals surface area (Å²) in [7, 11) is 0. The van der Waals surface area contributed by atoms with Gasteiger partial charge in [0.05, 0.1) is 0 Å². The lowest BCUT2D eigenvalue weighted by Crippen LogP contribution is -1.94.